The van der Waals surface area contributed by atoms with Gasteiger partial charge >= 0.3 is 12.1 Å². The highest BCUT2D eigenvalue weighted by molar-refractivity contribution is 5.42. The SMILES string of the molecule is CC(C)(C)C1(OCC(F)(F)F)Oc2ccccc2O1. The Morgan fingerprint density at radius 2 is 1.53 bits per heavy atom. The summed E-state index contributed by atoms with van der Waals surface area (Å²) in [5.41, 5.74) is -0.794. The third-order valence-electron chi connectivity index (χ3n) is 2.68. The zero-order chi connectivity index (χ0) is 14.3. The summed E-state index contributed by atoms with van der Waals surface area (Å²) in [6.45, 7) is 3.64. The van der Waals surface area contributed by atoms with Gasteiger partial charge in [0.2, 0.25) is 0 Å². The Morgan fingerprint density at radius 3 is 1.89 bits per heavy atom. The van der Waals surface area contributed by atoms with E-state index in [1.165, 1.54) is 0 Å². The van der Waals surface area contributed by atoms with Crippen molar-refractivity contribution in [2.75, 3.05) is 6.61 Å². The number of rotatable bonds is 2. The maximum Gasteiger partial charge on any atom is 0.412 e. The van der Waals surface area contributed by atoms with Crippen LogP contribution in [0.15, 0.2) is 24.3 Å². The second-order valence-electron chi connectivity index (χ2n) is 5.36. The minimum absolute atomic E-state index is 0.375. The fraction of sp³-hybridized carbons (Fsp3) is 0.538. The van der Waals surface area contributed by atoms with Gasteiger partial charge in [-0.3, -0.25) is 4.74 Å². The molecule has 2 rings (SSSR count). The van der Waals surface area contributed by atoms with E-state index in [2.05, 4.69) is 0 Å². The minimum Gasteiger partial charge on any atom is -0.426 e. The smallest absolute Gasteiger partial charge is 0.412 e. The van der Waals surface area contributed by atoms with E-state index >= 15 is 0 Å². The van der Waals surface area contributed by atoms with E-state index in [0.717, 1.165) is 0 Å². The topological polar surface area (TPSA) is 27.7 Å². The third kappa shape index (κ3) is 2.78. The van der Waals surface area contributed by atoms with E-state index in [4.69, 9.17) is 14.2 Å². The molecule has 19 heavy (non-hydrogen) atoms. The molecular formula is C13H15F3O3. The lowest BCUT2D eigenvalue weighted by atomic mass is 9.93. The van der Waals surface area contributed by atoms with Gasteiger partial charge in [-0.1, -0.05) is 12.1 Å². The average molecular weight is 276 g/mol. The molecule has 0 aliphatic carbocycles. The van der Waals surface area contributed by atoms with Crippen LogP contribution >= 0.6 is 0 Å². The van der Waals surface area contributed by atoms with E-state index in [1.54, 1.807) is 45.0 Å². The predicted molar refractivity (Wildman–Crippen MR) is 61.9 cm³/mol. The predicted octanol–water partition coefficient (Wildman–Crippen LogP) is 3.74. The zero-order valence-electron chi connectivity index (χ0n) is 10.9. The van der Waals surface area contributed by atoms with Gasteiger partial charge in [0, 0.05) is 0 Å². The van der Waals surface area contributed by atoms with Crippen molar-refractivity contribution in [3.05, 3.63) is 24.3 Å². The molecule has 1 aliphatic rings. The van der Waals surface area contributed by atoms with Crippen LogP contribution in [-0.2, 0) is 4.74 Å². The molecule has 1 aromatic carbocycles. The number of hydrogen-bond donors (Lipinski definition) is 0. The van der Waals surface area contributed by atoms with Crippen LogP contribution in [0.2, 0.25) is 0 Å². The highest BCUT2D eigenvalue weighted by atomic mass is 19.4. The number of benzene rings is 1. The van der Waals surface area contributed by atoms with Crippen LogP contribution in [0.5, 0.6) is 11.5 Å². The lowest BCUT2D eigenvalue weighted by Crippen LogP contribution is -2.54. The molecule has 0 unspecified atom stereocenters. The van der Waals surface area contributed by atoms with E-state index in [1.807, 2.05) is 0 Å². The molecule has 1 aliphatic heterocycles. The summed E-state index contributed by atoms with van der Waals surface area (Å²) in [6, 6.07) is 6.68. The van der Waals surface area contributed by atoms with Crippen molar-refractivity contribution >= 4 is 0 Å². The van der Waals surface area contributed by atoms with Crippen molar-refractivity contribution < 1.29 is 27.4 Å². The second-order valence-corrected chi connectivity index (χ2v) is 5.36. The first-order valence-electron chi connectivity index (χ1n) is 5.81. The van der Waals surface area contributed by atoms with Gasteiger partial charge in [-0.05, 0) is 32.9 Å². The molecule has 1 heterocycles. The van der Waals surface area contributed by atoms with Gasteiger partial charge in [0.05, 0.1) is 5.41 Å². The van der Waals surface area contributed by atoms with Crippen LogP contribution in [0.4, 0.5) is 13.2 Å². The molecule has 0 aromatic heterocycles. The van der Waals surface area contributed by atoms with E-state index in [9.17, 15) is 13.2 Å². The Bertz CT molecular complexity index is 438. The van der Waals surface area contributed by atoms with Crippen molar-refractivity contribution in [1.82, 2.24) is 0 Å². The first-order chi connectivity index (χ1) is 8.63. The summed E-state index contributed by atoms with van der Waals surface area (Å²) in [5.74, 6) is -1.02. The number of halogens is 3. The van der Waals surface area contributed by atoms with Crippen LogP contribution in [0, 0.1) is 5.41 Å². The molecule has 0 saturated heterocycles. The number of hydrogen-bond acceptors (Lipinski definition) is 3. The molecular weight excluding hydrogens is 261 g/mol. The lowest BCUT2D eigenvalue weighted by molar-refractivity contribution is -0.358. The van der Waals surface area contributed by atoms with Crippen molar-refractivity contribution in [2.45, 2.75) is 32.9 Å². The van der Waals surface area contributed by atoms with Crippen molar-refractivity contribution in [3.8, 4) is 11.5 Å². The number of fused-ring (bicyclic) bond motifs is 1. The van der Waals surface area contributed by atoms with Gasteiger partial charge in [0.25, 0.3) is 0 Å². The van der Waals surface area contributed by atoms with Crippen LogP contribution in [0.3, 0.4) is 0 Å². The van der Waals surface area contributed by atoms with Crippen LogP contribution < -0.4 is 9.47 Å². The quantitative estimate of drug-likeness (QED) is 0.823. The summed E-state index contributed by atoms with van der Waals surface area (Å²) < 4.78 is 53.0. The number of ether oxygens (including phenoxy) is 3. The highest BCUT2D eigenvalue weighted by Crippen LogP contribution is 2.47. The molecule has 0 fully saturated rings. The van der Waals surface area contributed by atoms with Crippen LogP contribution in [0.1, 0.15) is 20.8 Å². The molecule has 3 nitrogen and oxygen atoms in total. The molecule has 106 valence electrons. The highest BCUT2D eigenvalue weighted by Gasteiger charge is 2.55. The lowest BCUT2D eigenvalue weighted by Gasteiger charge is -2.37. The molecule has 6 heteroatoms. The van der Waals surface area contributed by atoms with Gasteiger partial charge in [0.15, 0.2) is 18.1 Å². The Morgan fingerprint density at radius 1 is 1.05 bits per heavy atom. The summed E-state index contributed by atoms with van der Waals surface area (Å²) in [6.07, 6.45) is -4.44. The third-order valence-corrected chi connectivity index (χ3v) is 2.68. The van der Waals surface area contributed by atoms with Gasteiger partial charge in [-0.25, -0.2) is 0 Å². The standard InChI is InChI=1S/C13H15F3O3/c1-11(2,3)13(17-8-12(14,15)16)18-9-6-4-5-7-10(9)19-13/h4-7H,8H2,1-3H3. The van der Waals surface area contributed by atoms with E-state index in [-0.39, 0.29) is 0 Å². The number of para-hydroxylation sites is 2. The zero-order valence-corrected chi connectivity index (χ0v) is 10.9. The van der Waals surface area contributed by atoms with Gasteiger partial charge in [-0.2, -0.15) is 13.2 Å². The second kappa shape index (κ2) is 4.30. The molecule has 1 aromatic rings. The Kier molecular flexibility index (Phi) is 3.16. The Hall–Kier alpha value is -1.43. The molecule has 0 atom stereocenters. The van der Waals surface area contributed by atoms with Crippen molar-refractivity contribution in [3.63, 3.8) is 0 Å². The normalized spacial score (nSPS) is 17.6. The fourth-order valence-corrected chi connectivity index (χ4v) is 1.69. The Labute approximate surface area is 109 Å². The fourth-order valence-electron chi connectivity index (χ4n) is 1.69. The van der Waals surface area contributed by atoms with Crippen molar-refractivity contribution in [1.29, 1.82) is 0 Å². The summed E-state index contributed by atoms with van der Waals surface area (Å²) in [5, 5.41) is 0. The molecule has 0 bridgehead atoms. The van der Waals surface area contributed by atoms with Gasteiger partial charge in [-0.15, -0.1) is 0 Å². The first kappa shape index (κ1) is 14.0. The molecule has 0 spiro atoms. The van der Waals surface area contributed by atoms with Crippen LogP contribution in [-0.4, -0.2) is 18.8 Å². The molecule has 0 saturated carbocycles. The van der Waals surface area contributed by atoms with Crippen LogP contribution in [0.25, 0.3) is 0 Å². The summed E-state index contributed by atoms with van der Waals surface area (Å²) in [4.78, 5) is 0. The number of alkyl halides is 3. The van der Waals surface area contributed by atoms with Gasteiger partial charge < -0.3 is 9.47 Å². The maximum absolute atomic E-state index is 12.4. The molecule has 0 amide bonds. The maximum atomic E-state index is 12.4. The first-order valence-corrected chi connectivity index (χ1v) is 5.81. The minimum atomic E-state index is -4.44. The average Bonchev–Trinajstić information content (AvgIpc) is 2.64. The Balaban J connectivity index is 2.26. The van der Waals surface area contributed by atoms with Gasteiger partial charge in [0.1, 0.15) is 0 Å². The van der Waals surface area contributed by atoms with Crippen molar-refractivity contribution in [2.24, 2.45) is 5.41 Å². The van der Waals surface area contributed by atoms with E-state index < -0.39 is 24.2 Å². The molecule has 0 N–H and O–H groups in total. The largest absolute Gasteiger partial charge is 0.426 e. The van der Waals surface area contributed by atoms with E-state index in [0.29, 0.717) is 11.5 Å². The summed E-state index contributed by atoms with van der Waals surface area (Å²) >= 11 is 0. The summed E-state index contributed by atoms with van der Waals surface area (Å²) in [7, 11) is 0. The monoisotopic (exact) mass is 276 g/mol. The molecule has 0 radical (unpaired) electrons.